The lowest BCUT2D eigenvalue weighted by Crippen LogP contribution is -2.47. The number of rotatable bonds is 5. The molecule has 0 amide bonds. The van der Waals surface area contributed by atoms with Crippen molar-refractivity contribution >= 4 is 22.3 Å². The Morgan fingerprint density at radius 2 is 1.96 bits per heavy atom. The molecule has 2 aliphatic rings. The number of hydrogen-bond donors (Lipinski definition) is 0. The van der Waals surface area contributed by atoms with Crippen LogP contribution < -0.4 is 14.4 Å². The quantitative estimate of drug-likeness (QED) is 0.795. The van der Waals surface area contributed by atoms with E-state index in [-0.39, 0.29) is 5.78 Å². The zero-order valence-electron chi connectivity index (χ0n) is 15.0. The minimum absolute atomic E-state index is 0.120. The van der Waals surface area contributed by atoms with Crippen LogP contribution in [0.15, 0.2) is 18.2 Å². The zero-order valence-corrected chi connectivity index (χ0v) is 15.8. The molecule has 0 N–H and O–H groups in total. The summed E-state index contributed by atoms with van der Waals surface area (Å²) < 4.78 is 10.9. The third-order valence-corrected chi connectivity index (χ3v) is 5.85. The summed E-state index contributed by atoms with van der Waals surface area (Å²) in [6.07, 6.45) is 0.374. The summed E-state index contributed by atoms with van der Waals surface area (Å²) in [5.74, 6) is 1.78. The molecule has 0 radical (unpaired) electrons. The van der Waals surface area contributed by atoms with E-state index in [0.717, 1.165) is 47.8 Å². The van der Waals surface area contributed by atoms with E-state index >= 15 is 0 Å². The van der Waals surface area contributed by atoms with Gasteiger partial charge in [-0.15, -0.1) is 10.2 Å². The fourth-order valence-electron chi connectivity index (χ4n) is 3.34. The van der Waals surface area contributed by atoms with Crippen molar-refractivity contribution in [3.8, 4) is 11.5 Å². The normalized spacial score (nSPS) is 18.2. The van der Waals surface area contributed by atoms with Crippen LogP contribution in [-0.2, 0) is 11.2 Å². The molecule has 1 atom stereocenters. The fourth-order valence-corrected chi connectivity index (χ4v) is 4.30. The van der Waals surface area contributed by atoms with Crippen LogP contribution in [-0.4, -0.2) is 53.9 Å². The largest absolute Gasteiger partial charge is 0.454 e. The number of anilines is 1. The summed E-state index contributed by atoms with van der Waals surface area (Å²) in [6, 6.07) is 6.50. The number of carbonyl (C=O) groups excluding carboxylic acids is 1. The topological polar surface area (TPSA) is 67.8 Å². The summed E-state index contributed by atoms with van der Waals surface area (Å²) in [6.45, 7) is 7.83. The Labute approximate surface area is 156 Å². The monoisotopic (exact) mass is 374 g/mol. The van der Waals surface area contributed by atoms with Crippen molar-refractivity contribution in [2.45, 2.75) is 26.3 Å². The molecule has 0 spiro atoms. The standard InChI is InChI=1S/C18H22N4O3S/c1-12(23)9-17-19-20-18(26-17)22-7-5-21(6-8-22)13(2)14-3-4-15-16(10-14)25-11-24-15/h3-4,10,13H,5-9,11H2,1-2H3. The predicted molar refractivity (Wildman–Crippen MR) is 99.1 cm³/mol. The van der Waals surface area contributed by atoms with Crippen LogP contribution in [0.4, 0.5) is 5.13 Å². The number of Topliss-reactive ketones (excluding diaryl/α,β-unsaturated/α-hetero) is 1. The molecule has 7 nitrogen and oxygen atoms in total. The van der Waals surface area contributed by atoms with Gasteiger partial charge in [0.2, 0.25) is 11.9 Å². The molecule has 0 aliphatic carbocycles. The highest BCUT2D eigenvalue weighted by Crippen LogP contribution is 2.35. The average molecular weight is 374 g/mol. The number of fused-ring (bicyclic) bond motifs is 1. The van der Waals surface area contributed by atoms with Crippen molar-refractivity contribution in [3.05, 3.63) is 28.8 Å². The minimum atomic E-state index is 0.120. The van der Waals surface area contributed by atoms with E-state index in [2.05, 4.69) is 39.1 Å². The van der Waals surface area contributed by atoms with E-state index in [9.17, 15) is 4.79 Å². The van der Waals surface area contributed by atoms with Gasteiger partial charge in [-0.25, -0.2) is 0 Å². The predicted octanol–water partition coefficient (Wildman–Crippen LogP) is 2.28. The molecule has 26 heavy (non-hydrogen) atoms. The maximum atomic E-state index is 11.2. The summed E-state index contributed by atoms with van der Waals surface area (Å²) in [4.78, 5) is 15.9. The number of nitrogens with zero attached hydrogens (tertiary/aromatic N) is 4. The van der Waals surface area contributed by atoms with Crippen LogP contribution >= 0.6 is 11.3 Å². The van der Waals surface area contributed by atoms with Gasteiger partial charge in [-0.3, -0.25) is 9.69 Å². The second-order valence-electron chi connectivity index (χ2n) is 6.67. The fraction of sp³-hybridized carbons (Fsp3) is 0.500. The van der Waals surface area contributed by atoms with Crippen LogP contribution in [0.3, 0.4) is 0 Å². The van der Waals surface area contributed by atoms with Gasteiger partial charge in [0.1, 0.15) is 10.8 Å². The third kappa shape index (κ3) is 3.52. The number of benzene rings is 1. The summed E-state index contributed by atoms with van der Waals surface area (Å²) >= 11 is 1.52. The molecule has 1 saturated heterocycles. The van der Waals surface area contributed by atoms with Crippen molar-refractivity contribution in [3.63, 3.8) is 0 Å². The summed E-state index contributed by atoms with van der Waals surface area (Å²) in [7, 11) is 0. The van der Waals surface area contributed by atoms with Crippen molar-refractivity contribution in [2.75, 3.05) is 37.9 Å². The molecular formula is C18H22N4O3S. The maximum Gasteiger partial charge on any atom is 0.231 e. The van der Waals surface area contributed by atoms with Gasteiger partial charge in [0.05, 0.1) is 6.42 Å². The van der Waals surface area contributed by atoms with Gasteiger partial charge >= 0.3 is 0 Å². The van der Waals surface area contributed by atoms with Crippen LogP contribution in [0.1, 0.15) is 30.5 Å². The van der Waals surface area contributed by atoms with Gasteiger partial charge in [-0.05, 0) is 31.5 Å². The minimum Gasteiger partial charge on any atom is -0.454 e. The molecule has 1 fully saturated rings. The van der Waals surface area contributed by atoms with E-state index in [0.29, 0.717) is 19.3 Å². The van der Waals surface area contributed by atoms with Crippen LogP contribution in [0.5, 0.6) is 11.5 Å². The average Bonchev–Trinajstić information content (AvgIpc) is 3.29. The van der Waals surface area contributed by atoms with Crippen LogP contribution in [0.25, 0.3) is 0 Å². The lowest BCUT2D eigenvalue weighted by atomic mass is 10.1. The van der Waals surface area contributed by atoms with Gasteiger partial charge < -0.3 is 14.4 Å². The van der Waals surface area contributed by atoms with Gasteiger partial charge in [0.15, 0.2) is 11.5 Å². The van der Waals surface area contributed by atoms with E-state index in [1.807, 2.05) is 6.07 Å². The van der Waals surface area contributed by atoms with Gasteiger partial charge in [0.25, 0.3) is 0 Å². The molecule has 0 bridgehead atoms. The first-order valence-corrected chi connectivity index (χ1v) is 9.62. The number of carbonyl (C=O) groups is 1. The molecule has 3 heterocycles. The first-order valence-electron chi connectivity index (χ1n) is 8.80. The van der Waals surface area contributed by atoms with Gasteiger partial charge in [-0.1, -0.05) is 17.4 Å². The van der Waals surface area contributed by atoms with Gasteiger partial charge in [0, 0.05) is 32.2 Å². The Bertz CT molecular complexity index is 801. The molecule has 2 aliphatic heterocycles. The Morgan fingerprint density at radius 3 is 2.73 bits per heavy atom. The molecular weight excluding hydrogens is 352 g/mol. The first-order chi connectivity index (χ1) is 12.6. The van der Waals surface area contributed by atoms with E-state index in [1.165, 1.54) is 16.9 Å². The van der Waals surface area contributed by atoms with E-state index in [4.69, 9.17) is 9.47 Å². The molecule has 4 rings (SSSR count). The summed E-state index contributed by atoms with van der Waals surface area (Å²) in [5, 5.41) is 10.1. The van der Waals surface area contributed by atoms with E-state index in [1.54, 1.807) is 6.92 Å². The highest BCUT2D eigenvalue weighted by Gasteiger charge is 2.25. The SMILES string of the molecule is CC(=O)Cc1nnc(N2CCN(C(C)c3ccc4c(c3)OCO4)CC2)s1. The van der Waals surface area contributed by atoms with Crippen molar-refractivity contribution in [1.29, 1.82) is 0 Å². The Balaban J connectivity index is 1.37. The molecule has 2 aromatic rings. The Morgan fingerprint density at radius 1 is 1.19 bits per heavy atom. The summed E-state index contributed by atoms with van der Waals surface area (Å²) in [5.41, 5.74) is 1.24. The second kappa shape index (κ2) is 7.20. The lowest BCUT2D eigenvalue weighted by molar-refractivity contribution is -0.116. The molecule has 8 heteroatoms. The number of piperazine rings is 1. The van der Waals surface area contributed by atoms with Crippen LogP contribution in [0.2, 0.25) is 0 Å². The molecule has 1 aromatic carbocycles. The number of ether oxygens (including phenoxy) is 2. The van der Waals surface area contributed by atoms with Crippen molar-refractivity contribution in [2.24, 2.45) is 0 Å². The Hall–Kier alpha value is -2.19. The third-order valence-electron chi connectivity index (χ3n) is 4.87. The number of aromatic nitrogens is 2. The molecule has 0 saturated carbocycles. The smallest absolute Gasteiger partial charge is 0.231 e. The lowest BCUT2D eigenvalue weighted by Gasteiger charge is -2.38. The molecule has 1 aromatic heterocycles. The van der Waals surface area contributed by atoms with Crippen molar-refractivity contribution < 1.29 is 14.3 Å². The van der Waals surface area contributed by atoms with Crippen LogP contribution in [0, 0.1) is 0 Å². The van der Waals surface area contributed by atoms with Crippen molar-refractivity contribution in [1.82, 2.24) is 15.1 Å². The molecule has 138 valence electrons. The maximum absolute atomic E-state index is 11.2. The number of ketones is 1. The van der Waals surface area contributed by atoms with Gasteiger partial charge in [-0.2, -0.15) is 0 Å². The highest BCUT2D eigenvalue weighted by atomic mass is 32.1. The molecule has 1 unspecified atom stereocenters. The second-order valence-corrected chi connectivity index (χ2v) is 7.71. The highest BCUT2D eigenvalue weighted by molar-refractivity contribution is 7.15. The Kier molecular flexibility index (Phi) is 4.78. The van der Waals surface area contributed by atoms with E-state index < -0.39 is 0 Å². The number of hydrogen-bond acceptors (Lipinski definition) is 8. The first kappa shape index (κ1) is 17.2. The zero-order chi connectivity index (χ0) is 18.1.